The van der Waals surface area contributed by atoms with Crippen molar-refractivity contribution in [2.45, 2.75) is 45.1 Å². The first-order valence-electron chi connectivity index (χ1n) is 9.39. The number of aromatic carboxylic acids is 1. The van der Waals surface area contributed by atoms with Gasteiger partial charge in [-0.15, -0.1) is 5.10 Å². The minimum Gasteiger partial charge on any atom is -0.478 e. The van der Waals surface area contributed by atoms with Crippen molar-refractivity contribution < 1.29 is 14.3 Å². The van der Waals surface area contributed by atoms with Crippen LogP contribution in [-0.4, -0.2) is 40.6 Å². The van der Waals surface area contributed by atoms with Gasteiger partial charge in [-0.3, -0.25) is 14.5 Å². The fourth-order valence-electron chi connectivity index (χ4n) is 4.23. The highest BCUT2D eigenvalue weighted by molar-refractivity contribution is 5.87. The van der Waals surface area contributed by atoms with E-state index in [2.05, 4.69) is 20.2 Å². The number of hydrogen-bond acceptors (Lipinski definition) is 5. The van der Waals surface area contributed by atoms with Crippen molar-refractivity contribution in [1.29, 1.82) is 0 Å². The van der Waals surface area contributed by atoms with Gasteiger partial charge in [-0.1, -0.05) is 0 Å². The molecule has 2 aliphatic carbocycles. The maximum absolute atomic E-state index is 14.4. The summed E-state index contributed by atoms with van der Waals surface area (Å²) in [6, 6.07) is 0. The molecule has 0 bridgehead atoms. The maximum atomic E-state index is 14.4. The Kier molecular flexibility index (Phi) is 3.65. The quantitative estimate of drug-likeness (QED) is 0.709. The monoisotopic (exact) mass is 386 g/mol. The first-order chi connectivity index (χ1) is 13.4. The molecule has 2 saturated carbocycles. The van der Waals surface area contributed by atoms with Crippen molar-refractivity contribution in [3.63, 3.8) is 0 Å². The van der Waals surface area contributed by atoms with E-state index in [1.54, 1.807) is 0 Å². The number of H-pyrrole nitrogens is 1. The van der Waals surface area contributed by atoms with E-state index >= 15 is 0 Å². The number of hydrogen-bond donors (Lipinski definition) is 2. The first-order valence-corrected chi connectivity index (χ1v) is 9.39. The molecule has 2 fully saturated rings. The van der Waals surface area contributed by atoms with Crippen molar-refractivity contribution in [1.82, 2.24) is 29.5 Å². The lowest BCUT2D eigenvalue weighted by atomic mass is 9.80. The first kappa shape index (κ1) is 17.1. The molecule has 3 aromatic rings. The van der Waals surface area contributed by atoms with Crippen LogP contribution in [0.25, 0.3) is 17.0 Å². The number of nitrogens with zero attached hydrogens (tertiary/aromatic N) is 5. The van der Waals surface area contributed by atoms with Gasteiger partial charge in [0.15, 0.2) is 11.0 Å². The summed E-state index contributed by atoms with van der Waals surface area (Å²) >= 11 is 0. The van der Waals surface area contributed by atoms with Gasteiger partial charge in [-0.25, -0.2) is 14.5 Å². The van der Waals surface area contributed by atoms with Crippen LogP contribution in [-0.2, 0) is 6.54 Å². The molecule has 2 N–H and O–H groups in total. The van der Waals surface area contributed by atoms with Gasteiger partial charge in [0.05, 0.1) is 11.8 Å². The van der Waals surface area contributed by atoms with Crippen LogP contribution >= 0.6 is 0 Å². The van der Waals surface area contributed by atoms with Gasteiger partial charge in [-0.2, -0.15) is 9.49 Å². The number of aromatic amines is 1. The molecule has 3 heterocycles. The van der Waals surface area contributed by atoms with Crippen molar-refractivity contribution in [2.75, 3.05) is 0 Å². The Balaban J connectivity index is 1.47. The molecular formula is C18H19FN6O3. The predicted molar refractivity (Wildman–Crippen MR) is 95.8 cm³/mol. The smallest absolute Gasteiger partial charge is 0.338 e. The molecule has 2 aliphatic rings. The fourth-order valence-corrected chi connectivity index (χ4v) is 4.23. The van der Waals surface area contributed by atoms with Gasteiger partial charge >= 0.3 is 5.97 Å². The molecule has 0 saturated heterocycles. The van der Waals surface area contributed by atoms with E-state index < -0.39 is 17.5 Å². The Morgan fingerprint density at radius 3 is 2.71 bits per heavy atom. The van der Waals surface area contributed by atoms with Crippen LogP contribution in [0.3, 0.4) is 0 Å². The highest BCUT2D eigenvalue weighted by atomic mass is 19.1. The molecule has 0 aliphatic heterocycles. The summed E-state index contributed by atoms with van der Waals surface area (Å²) in [6.45, 7) is 0.492. The Morgan fingerprint density at radius 1 is 1.32 bits per heavy atom. The lowest BCUT2D eigenvalue weighted by Crippen LogP contribution is -2.22. The summed E-state index contributed by atoms with van der Waals surface area (Å²) < 4.78 is 16.9. The van der Waals surface area contributed by atoms with Crippen LogP contribution in [0.4, 0.5) is 4.39 Å². The van der Waals surface area contributed by atoms with E-state index in [9.17, 15) is 14.0 Å². The second-order valence-electron chi connectivity index (χ2n) is 7.98. The number of carbonyl (C=O) groups is 1. The van der Waals surface area contributed by atoms with Crippen LogP contribution in [0.5, 0.6) is 0 Å². The lowest BCUT2D eigenvalue weighted by Gasteiger charge is -2.28. The third-order valence-electron chi connectivity index (χ3n) is 6.15. The molecule has 3 aromatic heterocycles. The van der Waals surface area contributed by atoms with Crippen LogP contribution in [0.1, 0.15) is 48.9 Å². The average Bonchev–Trinajstić information content (AvgIpc) is 3.10. The molecule has 5 rings (SSSR count). The molecule has 0 atom stereocenters. The molecule has 0 radical (unpaired) electrons. The van der Waals surface area contributed by atoms with E-state index in [-0.39, 0.29) is 22.5 Å². The highest BCUT2D eigenvalue weighted by Crippen LogP contribution is 2.57. The number of fused-ring (bicyclic) bond motifs is 1. The summed E-state index contributed by atoms with van der Waals surface area (Å²) in [7, 11) is 0. The molecule has 9 nitrogen and oxygen atoms in total. The fraction of sp³-hybridized carbons (Fsp3) is 0.500. The number of nitrogens with one attached hydrogen (secondary N) is 1. The summed E-state index contributed by atoms with van der Waals surface area (Å²) in [6.07, 6.45) is 9.50. The number of carboxylic acids is 1. The zero-order chi connectivity index (χ0) is 19.5. The SMILES string of the molecule is O=C(O)c1cnn(-c2nc3c(F)nn(CC4CCC5(CC4)CC5)c3c(=O)[nH]2)c1. The minimum absolute atomic E-state index is 0.0585. The van der Waals surface area contributed by atoms with Crippen molar-refractivity contribution in [2.24, 2.45) is 11.3 Å². The zero-order valence-electron chi connectivity index (χ0n) is 15.1. The average molecular weight is 386 g/mol. The van der Waals surface area contributed by atoms with Crippen LogP contribution in [0, 0.1) is 17.3 Å². The predicted octanol–water partition coefficient (Wildman–Crippen LogP) is 2.11. The van der Waals surface area contributed by atoms with Crippen LogP contribution < -0.4 is 5.56 Å². The van der Waals surface area contributed by atoms with Gasteiger partial charge in [0.2, 0.25) is 5.95 Å². The van der Waals surface area contributed by atoms with E-state index in [4.69, 9.17) is 5.11 Å². The Bertz CT molecular complexity index is 1130. The summed E-state index contributed by atoms with van der Waals surface area (Å²) in [4.78, 5) is 30.3. The number of aromatic nitrogens is 6. The topological polar surface area (TPSA) is 119 Å². The molecular weight excluding hydrogens is 367 g/mol. The third-order valence-corrected chi connectivity index (χ3v) is 6.15. The standard InChI is InChI=1S/C18H19FN6O3/c19-14-12-13(24(23-14)8-10-1-3-18(4-2-10)5-6-18)15(26)22-17(21-12)25-9-11(7-20-25)16(27)28/h7,9-10H,1-6,8H2,(H,27,28)(H,21,22,26). The van der Waals surface area contributed by atoms with Crippen molar-refractivity contribution in [3.05, 3.63) is 34.3 Å². The Morgan fingerprint density at radius 2 is 2.07 bits per heavy atom. The summed E-state index contributed by atoms with van der Waals surface area (Å²) in [5, 5.41) is 16.8. The van der Waals surface area contributed by atoms with E-state index in [1.165, 1.54) is 36.6 Å². The second kappa shape index (κ2) is 5.98. The van der Waals surface area contributed by atoms with E-state index in [0.29, 0.717) is 17.9 Å². The third kappa shape index (κ3) is 2.79. The molecule has 1 spiro atoms. The normalized spacial score (nSPS) is 18.8. The van der Waals surface area contributed by atoms with Crippen LogP contribution in [0.2, 0.25) is 0 Å². The molecule has 0 aromatic carbocycles. The Hall–Kier alpha value is -3.04. The van der Waals surface area contributed by atoms with Crippen molar-refractivity contribution >= 4 is 17.0 Å². The van der Waals surface area contributed by atoms with Crippen molar-refractivity contribution in [3.8, 4) is 5.95 Å². The molecule has 28 heavy (non-hydrogen) atoms. The van der Waals surface area contributed by atoms with Gasteiger partial charge in [0, 0.05) is 12.7 Å². The number of carboxylic acid groups (broad SMARTS) is 1. The van der Waals surface area contributed by atoms with Gasteiger partial charge < -0.3 is 5.11 Å². The molecule has 10 heteroatoms. The zero-order valence-corrected chi connectivity index (χ0v) is 15.1. The minimum atomic E-state index is -1.16. The molecule has 0 amide bonds. The van der Waals surface area contributed by atoms with E-state index in [1.807, 2.05) is 0 Å². The molecule has 0 unspecified atom stereocenters. The van der Waals surface area contributed by atoms with E-state index in [0.717, 1.165) is 23.7 Å². The van der Waals surface area contributed by atoms with Gasteiger partial charge in [0.25, 0.3) is 11.5 Å². The Labute approximate surface area is 158 Å². The summed E-state index contributed by atoms with van der Waals surface area (Å²) in [5.41, 5.74) is -0.0671. The second-order valence-corrected chi connectivity index (χ2v) is 7.98. The summed E-state index contributed by atoms with van der Waals surface area (Å²) in [5.74, 6) is -1.66. The highest BCUT2D eigenvalue weighted by Gasteiger charge is 2.44. The number of halogens is 1. The van der Waals surface area contributed by atoms with Gasteiger partial charge in [0.1, 0.15) is 0 Å². The molecule has 146 valence electrons. The number of rotatable bonds is 4. The van der Waals surface area contributed by atoms with Crippen LogP contribution in [0.15, 0.2) is 17.2 Å². The maximum Gasteiger partial charge on any atom is 0.338 e. The lowest BCUT2D eigenvalue weighted by molar-refractivity contribution is 0.0697. The van der Waals surface area contributed by atoms with Gasteiger partial charge in [-0.05, 0) is 49.9 Å². The largest absolute Gasteiger partial charge is 0.478 e.